The molecule has 0 aliphatic heterocycles. The zero-order valence-electron chi connectivity index (χ0n) is 11.3. The van der Waals surface area contributed by atoms with Gasteiger partial charge in [-0.3, -0.25) is 9.59 Å². The van der Waals surface area contributed by atoms with Gasteiger partial charge in [-0.1, -0.05) is 12.8 Å². The topological polar surface area (TPSA) is 43.4 Å². The molecule has 0 radical (unpaired) electrons. The molecular formula is C15H22O3. The number of Topliss-reactive ketones (excluding diaryl/α,β-unsaturated/α-hetero) is 1. The Balaban J connectivity index is 1.96. The highest BCUT2D eigenvalue weighted by Crippen LogP contribution is 2.64. The van der Waals surface area contributed by atoms with Gasteiger partial charge in [0.2, 0.25) is 0 Å². The molecule has 3 aliphatic carbocycles. The molecule has 3 saturated carbocycles. The number of rotatable bonds is 1. The van der Waals surface area contributed by atoms with E-state index in [1.807, 2.05) is 6.92 Å². The van der Waals surface area contributed by atoms with Crippen molar-refractivity contribution in [3.8, 4) is 0 Å². The predicted octanol–water partition coefficient (Wildman–Crippen LogP) is 2.73. The summed E-state index contributed by atoms with van der Waals surface area (Å²) in [7, 11) is 1.46. The van der Waals surface area contributed by atoms with E-state index in [1.54, 1.807) is 0 Å². The van der Waals surface area contributed by atoms with Crippen LogP contribution in [0, 0.1) is 22.7 Å². The van der Waals surface area contributed by atoms with Gasteiger partial charge >= 0.3 is 5.97 Å². The van der Waals surface area contributed by atoms with Crippen molar-refractivity contribution in [2.24, 2.45) is 22.7 Å². The summed E-state index contributed by atoms with van der Waals surface area (Å²) < 4.78 is 4.98. The summed E-state index contributed by atoms with van der Waals surface area (Å²) in [6.07, 6.45) is 7.08. The molecule has 2 bridgehead atoms. The number of esters is 1. The number of ether oxygens (including phenoxy) is 1. The molecule has 100 valence electrons. The lowest BCUT2D eigenvalue weighted by Crippen LogP contribution is -2.46. The Hall–Kier alpha value is -0.860. The van der Waals surface area contributed by atoms with Crippen LogP contribution in [-0.4, -0.2) is 18.9 Å². The minimum Gasteiger partial charge on any atom is -0.469 e. The summed E-state index contributed by atoms with van der Waals surface area (Å²) in [5.74, 6) is 0.972. The molecule has 3 nitrogen and oxygen atoms in total. The van der Waals surface area contributed by atoms with Gasteiger partial charge in [-0.2, -0.15) is 0 Å². The van der Waals surface area contributed by atoms with Crippen LogP contribution in [0.2, 0.25) is 0 Å². The molecule has 3 rings (SSSR count). The SMILES string of the molecule is COC(=O)C1(C)CC2C(=O)CC3(CCCCC23)C1. The Kier molecular flexibility index (Phi) is 2.58. The first-order chi connectivity index (χ1) is 8.51. The fourth-order valence-electron chi connectivity index (χ4n) is 5.16. The number of ketones is 1. The van der Waals surface area contributed by atoms with E-state index in [4.69, 9.17) is 4.74 Å². The van der Waals surface area contributed by atoms with Crippen LogP contribution >= 0.6 is 0 Å². The quantitative estimate of drug-likeness (QED) is 0.672. The van der Waals surface area contributed by atoms with E-state index in [2.05, 4.69) is 0 Å². The molecule has 0 saturated heterocycles. The number of methoxy groups -OCH3 is 1. The molecule has 3 fully saturated rings. The van der Waals surface area contributed by atoms with Gasteiger partial charge in [0.15, 0.2) is 0 Å². The molecule has 3 aliphatic rings. The Morgan fingerprint density at radius 3 is 2.89 bits per heavy atom. The number of carbonyl (C=O) groups excluding carboxylic acids is 2. The zero-order valence-corrected chi connectivity index (χ0v) is 11.3. The molecule has 3 heteroatoms. The first kappa shape index (κ1) is 12.2. The fraction of sp³-hybridized carbons (Fsp3) is 0.867. The molecule has 4 unspecified atom stereocenters. The first-order valence-corrected chi connectivity index (χ1v) is 7.12. The molecule has 0 heterocycles. The van der Waals surface area contributed by atoms with Gasteiger partial charge in [0, 0.05) is 12.3 Å². The monoisotopic (exact) mass is 250 g/mol. The van der Waals surface area contributed by atoms with Gasteiger partial charge in [-0.15, -0.1) is 0 Å². The van der Waals surface area contributed by atoms with E-state index in [9.17, 15) is 9.59 Å². The van der Waals surface area contributed by atoms with Crippen molar-refractivity contribution in [1.82, 2.24) is 0 Å². The third-order valence-corrected chi connectivity index (χ3v) is 5.74. The number of hydrogen-bond acceptors (Lipinski definition) is 3. The molecular weight excluding hydrogens is 228 g/mol. The molecule has 18 heavy (non-hydrogen) atoms. The van der Waals surface area contributed by atoms with Crippen molar-refractivity contribution in [2.75, 3.05) is 7.11 Å². The summed E-state index contributed by atoms with van der Waals surface area (Å²) >= 11 is 0. The standard InChI is InChI=1S/C15H22O3/c1-14(13(17)18-2)7-10-11-5-3-4-6-15(11,9-14)8-12(10)16/h10-11H,3-9H2,1-2H3. The van der Waals surface area contributed by atoms with Crippen molar-refractivity contribution in [3.05, 3.63) is 0 Å². The van der Waals surface area contributed by atoms with Gasteiger partial charge in [-0.25, -0.2) is 0 Å². The van der Waals surface area contributed by atoms with Gasteiger partial charge in [0.1, 0.15) is 5.78 Å². The van der Waals surface area contributed by atoms with Crippen molar-refractivity contribution >= 4 is 11.8 Å². The largest absolute Gasteiger partial charge is 0.469 e. The van der Waals surface area contributed by atoms with Crippen LogP contribution in [0.3, 0.4) is 0 Å². The molecule has 0 amide bonds. The van der Waals surface area contributed by atoms with Crippen molar-refractivity contribution in [1.29, 1.82) is 0 Å². The van der Waals surface area contributed by atoms with Gasteiger partial charge < -0.3 is 4.74 Å². The van der Waals surface area contributed by atoms with Crippen LogP contribution in [0.5, 0.6) is 0 Å². The molecule has 0 N–H and O–H groups in total. The van der Waals surface area contributed by atoms with Gasteiger partial charge in [0.05, 0.1) is 12.5 Å². The fourth-order valence-corrected chi connectivity index (χ4v) is 5.16. The maximum atomic E-state index is 12.3. The van der Waals surface area contributed by atoms with E-state index in [0.29, 0.717) is 18.1 Å². The lowest BCUT2D eigenvalue weighted by atomic mass is 9.54. The van der Waals surface area contributed by atoms with Crippen molar-refractivity contribution in [2.45, 2.75) is 51.9 Å². The van der Waals surface area contributed by atoms with E-state index in [-0.39, 0.29) is 17.3 Å². The second-order valence-corrected chi connectivity index (χ2v) is 6.90. The van der Waals surface area contributed by atoms with Crippen molar-refractivity contribution < 1.29 is 14.3 Å². The minimum atomic E-state index is -0.431. The number of carbonyl (C=O) groups is 2. The Bertz CT molecular complexity index is 403. The Morgan fingerprint density at radius 1 is 1.39 bits per heavy atom. The summed E-state index contributed by atoms with van der Waals surface area (Å²) in [4.78, 5) is 24.3. The maximum absolute atomic E-state index is 12.3. The highest BCUT2D eigenvalue weighted by molar-refractivity contribution is 5.87. The first-order valence-electron chi connectivity index (χ1n) is 7.12. The maximum Gasteiger partial charge on any atom is 0.311 e. The third kappa shape index (κ3) is 1.49. The Labute approximate surface area is 108 Å². The summed E-state index contributed by atoms with van der Waals surface area (Å²) in [6.45, 7) is 2.00. The average molecular weight is 250 g/mol. The predicted molar refractivity (Wildman–Crippen MR) is 66.9 cm³/mol. The molecule has 0 spiro atoms. The highest BCUT2D eigenvalue weighted by atomic mass is 16.5. The van der Waals surface area contributed by atoms with Gasteiger partial charge in [0.25, 0.3) is 0 Å². The lowest BCUT2D eigenvalue weighted by molar-refractivity contribution is -0.160. The summed E-state index contributed by atoms with van der Waals surface area (Å²) in [5, 5.41) is 0. The molecule has 0 aromatic rings. The van der Waals surface area contributed by atoms with Crippen LogP contribution < -0.4 is 0 Å². The third-order valence-electron chi connectivity index (χ3n) is 5.74. The van der Waals surface area contributed by atoms with Crippen LogP contribution in [0.25, 0.3) is 0 Å². The van der Waals surface area contributed by atoms with E-state index in [0.717, 1.165) is 19.3 Å². The zero-order chi connectivity index (χ0) is 13.0. The Morgan fingerprint density at radius 2 is 2.17 bits per heavy atom. The molecule has 0 aromatic carbocycles. The summed E-state index contributed by atoms with van der Waals surface area (Å²) in [6, 6.07) is 0. The normalized spacial score (nSPS) is 46.7. The van der Waals surface area contributed by atoms with E-state index in [1.165, 1.54) is 26.4 Å². The highest BCUT2D eigenvalue weighted by Gasteiger charge is 2.62. The van der Waals surface area contributed by atoms with Crippen LogP contribution in [0.1, 0.15) is 51.9 Å². The van der Waals surface area contributed by atoms with Gasteiger partial charge in [-0.05, 0) is 43.9 Å². The molecule has 0 aromatic heterocycles. The second kappa shape index (κ2) is 3.82. The van der Waals surface area contributed by atoms with E-state index < -0.39 is 5.41 Å². The smallest absolute Gasteiger partial charge is 0.311 e. The second-order valence-electron chi connectivity index (χ2n) is 6.90. The summed E-state index contributed by atoms with van der Waals surface area (Å²) in [5.41, 5.74) is -0.305. The molecule has 4 atom stereocenters. The average Bonchev–Trinajstić information content (AvgIpc) is 2.54. The lowest BCUT2D eigenvalue weighted by Gasteiger charge is -2.50. The van der Waals surface area contributed by atoms with Crippen LogP contribution in [-0.2, 0) is 14.3 Å². The minimum absolute atomic E-state index is 0.120. The van der Waals surface area contributed by atoms with Crippen molar-refractivity contribution in [3.63, 3.8) is 0 Å². The number of hydrogen-bond donors (Lipinski definition) is 0. The van der Waals surface area contributed by atoms with Crippen LogP contribution in [0.15, 0.2) is 0 Å². The van der Waals surface area contributed by atoms with E-state index >= 15 is 0 Å². The van der Waals surface area contributed by atoms with Crippen LogP contribution in [0.4, 0.5) is 0 Å².